The van der Waals surface area contributed by atoms with E-state index in [4.69, 9.17) is 0 Å². The molecular formula is C14H17N3O2S. The second-order valence-electron chi connectivity index (χ2n) is 5.03. The number of nitrogens with one attached hydrogen (secondary N) is 2. The van der Waals surface area contributed by atoms with Crippen LogP contribution in [0.1, 0.15) is 18.7 Å². The molecule has 2 heterocycles. The van der Waals surface area contributed by atoms with Gasteiger partial charge >= 0.3 is 0 Å². The summed E-state index contributed by atoms with van der Waals surface area (Å²) in [7, 11) is -0.645. The molecule has 1 aromatic carbocycles. The van der Waals surface area contributed by atoms with E-state index >= 15 is 0 Å². The summed E-state index contributed by atoms with van der Waals surface area (Å²) >= 11 is 0. The van der Waals surface area contributed by atoms with Crippen LogP contribution in [0.25, 0.3) is 10.9 Å². The molecule has 3 rings (SSSR count). The van der Waals surface area contributed by atoms with E-state index in [0.29, 0.717) is 23.8 Å². The van der Waals surface area contributed by atoms with Crippen molar-refractivity contribution in [3.05, 3.63) is 40.4 Å². The second-order valence-corrected chi connectivity index (χ2v) is 6.73. The summed E-state index contributed by atoms with van der Waals surface area (Å²) in [5.41, 5.74) is 0.620. The van der Waals surface area contributed by atoms with E-state index in [1.54, 1.807) is 6.07 Å². The average Bonchev–Trinajstić information content (AvgIpc) is 2.47. The fraction of sp³-hybridized carbons (Fsp3) is 0.429. The van der Waals surface area contributed by atoms with Gasteiger partial charge in [0.1, 0.15) is 5.82 Å². The number of fused-ring (bicyclic) bond motifs is 1. The number of H-pyrrole nitrogens is 1. The van der Waals surface area contributed by atoms with Crippen LogP contribution in [0.15, 0.2) is 29.1 Å². The van der Waals surface area contributed by atoms with Crippen molar-refractivity contribution < 1.29 is 4.21 Å². The highest BCUT2D eigenvalue weighted by atomic mass is 32.2. The third-order valence-corrected chi connectivity index (χ3v) is 4.99. The quantitative estimate of drug-likeness (QED) is 0.882. The summed E-state index contributed by atoms with van der Waals surface area (Å²) in [4.78, 5) is 19.2. The van der Waals surface area contributed by atoms with Gasteiger partial charge < -0.3 is 10.3 Å². The van der Waals surface area contributed by atoms with Crippen molar-refractivity contribution in [1.82, 2.24) is 15.3 Å². The molecule has 0 amide bonds. The molecule has 20 heavy (non-hydrogen) atoms. The number of hydrogen-bond donors (Lipinski definition) is 2. The monoisotopic (exact) mass is 291 g/mol. The van der Waals surface area contributed by atoms with E-state index in [0.717, 1.165) is 29.9 Å². The zero-order chi connectivity index (χ0) is 13.9. The fourth-order valence-electron chi connectivity index (χ4n) is 2.46. The second kappa shape index (κ2) is 5.85. The highest BCUT2D eigenvalue weighted by Crippen LogP contribution is 2.10. The van der Waals surface area contributed by atoms with E-state index in [9.17, 15) is 9.00 Å². The maximum absolute atomic E-state index is 11.9. The van der Waals surface area contributed by atoms with Crippen molar-refractivity contribution in [2.45, 2.75) is 25.4 Å². The number of hydrogen-bond acceptors (Lipinski definition) is 4. The summed E-state index contributed by atoms with van der Waals surface area (Å²) in [5.74, 6) is 2.18. The highest BCUT2D eigenvalue weighted by Gasteiger charge is 2.17. The molecule has 2 aromatic rings. The number of benzene rings is 1. The van der Waals surface area contributed by atoms with E-state index in [-0.39, 0.29) is 5.56 Å². The van der Waals surface area contributed by atoms with Crippen LogP contribution >= 0.6 is 0 Å². The Labute approximate surface area is 119 Å². The number of para-hydroxylation sites is 1. The molecule has 1 aromatic heterocycles. The molecule has 0 radical (unpaired) electrons. The van der Waals surface area contributed by atoms with Crippen LogP contribution in [0.2, 0.25) is 0 Å². The lowest BCUT2D eigenvalue weighted by Crippen LogP contribution is -2.36. The first kappa shape index (κ1) is 13.5. The molecule has 5 nitrogen and oxygen atoms in total. The summed E-state index contributed by atoms with van der Waals surface area (Å²) in [6, 6.07) is 7.69. The standard InChI is InChI=1S/C14H17N3O2S/c18-14-11-3-1-2-4-12(11)16-13(17-14)9-15-10-5-7-20(19)8-6-10/h1-4,10,15H,5-9H2,(H,16,17,18). The molecule has 1 aliphatic heterocycles. The van der Waals surface area contributed by atoms with Gasteiger partial charge in [0.15, 0.2) is 0 Å². The van der Waals surface area contributed by atoms with Crippen LogP contribution in [0.4, 0.5) is 0 Å². The van der Waals surface area contributed by atoms with Gasteiger partial charge in [0, 0.05) is 28.3 Å². The average molecular weight is 291 g/mol. The molecule has 1 saturated heterocycles. The molecule has 0 aliphatic carbocycles. The maximum Gasteiger partial charge on any atom is 0.258 e. The van der Waals surface area contributed by atoms with Crippen LogP contribution in [0, 0.1) is 0 Å². The summed E-state index contributed by atoms with van der Waals surface area (Å²) in [5, 5.41) is 4.00. The smallest absolute Gasteiger partial charge is 0.258 e. The number of aromatic nitrogens is 2. The molecule has 0 bridgehead atoms. The lowest BCUT2D eigenvalue weighted by Gasteiger charge is -2.22. The summed E-state index contributed by atoms with van der Waals surface area (Å²) in [6.45, 7) is 0.539. The van der Waals surface area contributed by atoms with E-state index in [1.165, 1.54) is 0 Å². The zero-order valence-electron chi connectivity index (χ0n) is 11.1. The Balaban J connectivity index is 1.71. The molecule has 2 N–H and O–H groups in total. The van der Waals surface area contributed by atoms with Crippen LogP contribution in [0.3, 0.4) is 0 Å². The topological polar surface area (TPSA) is 74.8 Å². The molecule has 6 heteroatoms. The van der Waals surface area contributed by atoms with Crippen LogP contribution in [0.5, 0.6) is 0 Å². The minimum Gasteiger partial charge on any atom is -0.309 e. The minimum absolute atomic E-state index is 0.0999. The first-order valence-electron chi connectivity index (χ1n) is 6.78. The van der Waals surface area contributed by atoms with Crippen molar-refractivity contribution in [2.24, 2.45) is 0 Å². The molecule has 0 unspecified atom stereocenters. The molecule has 0 spiro atoms. The molecular weight excluding hydrogens is 274 g/mol. The van der Waals surface area contributed by atoms with Gasteiger partial charge in [0.2, 0.25) is 0 Å². The Morgan fingerprint density at radius 3 is 2.85 bits per heavy atom. The Bertz CT molecular complexity index is 688. The summed E-state index contributed by atoms with van der Waals surface area (Å²) < 4.78 is 11.3. The molecule has 1 fully saturated rings. The van der Waals surface area contributed by atoms with Gasteiger partial charge in [-0.15, -0.1) is 0 Å². The normalized spacial score (nSPS) is 23.0. The van der Waals surface area contributed by atoms with Gasteiger partial charge in [-0.2, -0.15) is 0 Å². The lowest BCUT2D eigenvalue weighted by atomic mass is 10.1. The van der Waals surface area contributed by atoms with Crippen molar-refractivity contribution in [1.29, 1.82) is 0 Å². The van der Waals surface area contributed by atoms with Gasteiger partial charge in [-0.25, -0.2) is 4.98 Å². The number of rotatable bonds is 3. The number of nitrogens with zero attached hydrogens (tertiary/aromatic N) is 1. The first-order valence-corrected chi connectivity index (χ1v) is 8.27. The molecule has 0 atom stereocenters. The van der Waals surface area contributed by atoms with Gasteiger partial charge in [0.25, 0.3) is 5.56 Å². The Morgan fingerprint density at radius 2 is 2.05 bits per heavy atom. The van der Waals surface area contributed by atoms with Gasteiger partial charge in [0.05, 0.1) is 17.4 Å². The van der Waals surface area contributed by atoms with Crippen molar-refractivity contribution >= 4 is 21.7 Å². The van der Waals surface area contributed by atoms with E-state index in [2.05, 4.69) is 15.3 Å². The van der Waals surface area contributed by atoms with Crippen LogP contribution in [-0.2, 0) is 17.3 Å². The van der Waals surface area contributed by atoms with Crippen molar-refractivity contribution in [2.75, 3.05) is 11.5 Å². The number of aromatic amines is 1. The van der Waals surface area contributed by atoms with E-state index in [1.807, 2.05) is 18.2 Å². The predicted octanol–water partition coefficient (Wildman–Crippen LogP) is 0.924. The largest absolute Gasteiger partial charge is 0.309 e. The van der Waals surface area contributed by atoms with Gasteiger partial charge in [-0.3, -0.25) is 9.00 Å². The highest BCUT2D eigenvalue weighted by molar-refractivity contribution is 7.85. The molecule has 0 saturated carbocycles. The SMILES string of the molecule is O=c1[nH]c(CNC2CCS(=O)CC2)nc2ccccc12. The van der Waals surface area contributed by atoms with Gasteiger partial charge in [-0.1, -0.05) is 12.1 Å². The predicted molar refractivity (Wildman–Crippen MR) is 80.1 cm³/mol. The van der Waals surface area contributed by atoms with Gasteiger partial charge in [-0.05, 0) is 25.0 Å². The Kier molecular flexibility index (Phi) is 3.93. The van der Waals surface area contributed by atoms with E-state index < -0.39 is 10.8 Å². The van der Waals surface area contributed by atoms with Crippen molar-refractivity contribution in [3.63, 3.8) is 0 Å². The maximum atomic E-state index is 11.9. The lowest BCUT2D eigenvalue weighted by molar-refractivity contribution is 0.468. The molecule has 1 aliphatic rings. The van der Waals surface area contributed by atoms with Crippen LogP contribution in [-0.4, -0.2) is 31.7 Å². The Hall–Kier alpha value is -1.53. The fourth-order valence-corrected chi connectivity index (χ4v) is 3.76. The third-order valence-electron chi connectivity index (χ3n) is 3.61. The Morgan fingerprint density at radius 1 is 1.30 bits per heavy atom. The summed E-state index contributed by atoms with van der Waals surface area (Å²) in [6.07, 6.45) is 1.84. The first-order chi connectivity index (χ1) is 9.72. The minimum atomic E-state index is -0.645. The van der Waals surface area contributed by atoms with Crippen molar-refractivity contribution in [3.8, 4) is 0 Å². The third kappa shape index (κ3) is 2.96. The zero-order valence-corrected chi connectivity index (χ0v) is 11.9. The molecule has 106 valence electrons. The van der Waals surface area contributed by atoms with Crippen LogP contribution < -0.4 is 10.9 Å².